The highest BCUT2D eigenvalue weighted by Gasteiger charge is 2.20. The number of carboxylic acids is 1. The van der Waals surface area contributed by atoms with E-state index in [1.165, 1.54) is 0 Å². The van der Waals surface area contributed by atoms with E-state index in [0.717, 1.165) is 16.7 Å². The van der Waals surface area contributed by atoms with Gasteiger partial charge in [-0.25, -0.2) is 4.79 Å². The molecule has 0 radical (unpaired) electrons. The van der Waals surface area contributed by atoms with Gasteiger partial charge in [-0.3, -0.25) is 4.79 Å². The van der Waals surface area contributed by atoms with Crippen LogP contribution in [0.5, 0.6) is 0 Å². The molecule has 0 atom stereocenters. The van der Waals surface area contributed by atoms with Gasteiger partial charge in [0, 0.05) is 0 Å². The summed E-state index contributed by atoms with van der Waals surface area (Å²) in [6.45, 7) is 4.67. The Morgan fingerprint density at radius 3 is 2.52 bits per heavy atom. The molecule has 1 rings (SSSR count). The van der Waals surface area contributed by atoms with Crippen LogP contribution < -0.4 is 0 Å². The number of benzene rings is 1. The monoisotopic (exact) mass is 294 g/mol. The molecule has 0 spiro atoms. The van der Waals surface area contributed by atoms with Gasteiger partial charge in [-0.15, -0.1) is 0 Å². The summed E-state index contributed by atoms with van der Waals surface area (Å²) in [6.07, 6.45) is 0.250. The van der Waals surface area contributed by atoms with Gasteiger partial charge >= 0.3 is 11.9 Å². The maximum atomic E-state index is 11.8. The SMILES string of the molecule is Cc1ccc(C)c(CC(=O)OCC[N+](C)(C)CC(=O)O)c1. The molecule has 1 N–H and O–H groups in total. The lowest BCUT2D eigenvalue weighted by Crippen LogP contribution is -2.46. The van der Waals surface area contributed by atoms with E-state index in [2.05, 4.69) is 0 Å². The third-order valence-electron chi connectivity index (χ3n) is 3.36. The van der Waals surface area contributed by atoms with E-state index in [0.29, 0.717) is 6.54 Å². The van der Waals surface area contributed by atoms with Crippen molar-refractivity contribution in [2.24, 2.45) is 0 Å². The zero-order valence-electron chi connectivity index (χ0n) is 13.2. The van der Waals surface area contributed by atoms with Gasteiger partial charge in [-0.1, -0.05) is 23.8 Å². The Morgan fingerprint density at radius 2 is 1.90 bits per heavy atom. The average molecular weight is 294 g/mol. The lowest BCUT2D eigenvalue weighted by Gasteiger charge is -2.27. The van der Waals surface area contributed by atoms with Crippen molar-refractivity contribution in [3.05, 3.63) is 34.9 Å². The summed E-state index contributed by atoms with van der Waals surface area (Å²) in [5, 5.41) is 8.79. The molecule has 1 aromatic carbocycles. The molecule has 0 aliphatic heterocycles. The fraction of sp³-hybridized carbons (Fsp3) is 0.500. The fourth-order valence-corrected chi connectivity index (χ4v) is 2.05. The van der Waals surface area contributed by atoms with E-state index < -0.39 is 5.97 Å². The molecule has 0 aliphatic rings. The minimum absolute atomic E-state index is 0.00847. The molecule has 116 valence electrons. The molecule has 21 heavy (non-hydrogen) atoms. The first-order valence-electron chi connectivity index (χ1n) is 6.95. The molecular weight excluding hydrogens is 270 g/mol. The third kappa shape index (κ3) is 6.40. The quantitative estimate of drug-likeness (QED) is 0.612. The van der Waals surface area contributed by atoms with Gasteiger partial charge < -0.3 is 14.3 Å². The molecular formula is C16H24NO4+. The second kappa shape index (κ2) is 7.22. The maximum absolute atomic E-state index is 11.8. The number of carbonyl (C=O) groups is 2. The average Bonchev–Trinajstić information content (AvgIpc) is 2.31. The van der Waals surface area contributed by atoms with Gasteiger partial charge in [0.25, 0.3) is 0 Å². The molecule has 0 saturated carbocycles. The highest BCUT2D eigenvalue weighted by molar-refractivity contribution is 5.73. The third-order valence-corrected chi connectivity index (χ3v) is 3.36. The van der Waals surface area contributed by atoms with Crippen LogP contribution in [0.2, 0.25) is 0 Å². The molecule has 0 saturated heterocycles. The highest BCUT2D eigenvalue weighted by atomic mass is 16.5. The van der Waals surface area contributed by atoms with Crippen molar-refractivity contribution >= 4 is 11.9 Å². The van der Waals surface area contributed by atoms with Crippen LogP contribution in [0, 0.1) is 13.8 Å². The van der Waals surface area contributed by atoms with Crippen LogP contribution >= 0.6 is 0 Å². The number of esters is 1. The Bertz CT molecular complexity index is 523. The van der Waals surface area contributed by atoms with E-state index in [1.807, 2.05) is 32.0 Å². The number of aliphatic carboxylic acids is 1. The number of carboxylic acid groups (broad SMARTS) is 1. The van der Waals surface area contributed by atoms with Crippen LogP contribution in [0.1, 0.15) is 16.7 Å². The van der Waals surface area contributed by atoms with Crippen LogP contribution in [0.25, 0.3) is 0 Å². The summed E-state index contributed by atoms with van der Waals surface area (Å²) in [6, 6.07) is 5.99. The van der Waals surface area contributed by atoms with Gasteiger partial charge in [-0.05, 0) is 25.0 Å². The lowest BCUT2D eigenvalue weighted by molar-refractivity contribution is -0.883. The van der Waals surface area contributed by atoms with Crippen LogP contribution in [0.15, 0.2) is 18.2 Å². The van der Waals surface area contributed by atoms with Crippen molar-refractivity contribution in [3.8, 4) is 0 Å². The normalized spacial score (nSPS) is 11.2. The number of hydrogen-bond donors (Lipinski definition) is 1. The second-order valence-corrected chi connectivity index (χ2v) is 6.04. The predicted molar refractivity (Wildman–Crippen MR) is 80.1 cm³/mol. The van der Waals surface area contributed by atoms with Gasteiger partial charge in [0.1, 0.15) is 13.2 Å². The second-order valence-electron chi connectivity index (χ2n) is 6.04. The van der Waals surface area contributed by atoms with E-state index in [-0.39, 0.29) is 30.0 Å². The Labute approximate surface area is 125 Å². The summed E-state index contributed by atoms with van der Waals surface area (Å²) in [7, 11) is 3.60. The number of ether oxygens (including phenoxy) is 1. The molecule has 0 unspecified atom stereocenters. The minimum atomic E-state index is -0.860. The number of likely N-dealkylation sites (N-methyl/N-ethyl adjacent to an activating group) is 1. The van der Waals surface area contributed by atoms with Crippen LogP contribution in [-0.4, -0.2) is 55.3 Å². The van der Waals surface area contributed by atoms with E-state index in [1.54, 1.807) is 14.1 Å². The maximum Gasteiger partial charge on any atom is 0.359 e. The van der Waals surface area contributed by atoms with Gasteiger partial charge in [0.05, 0.1) is 20.5 Å². The van der Waals surface area contributed by atoms with Crippen LogP contribution in [0.3, 0.4) is 0 Å². The van der Waals surface area contributed by atoms with Crippen molar-refractivity contribution in [1.82, 2.24) is 0 Å². The molecule has 0 bridgehead atoms. The highest BCUT2D eigenvalue weighted by Crippen LogP contribution is 2.12. The number of quaternary nitrogens is 1. The summed E-state index contributed by atoms with van der Waals surface area (Å²) in [4.78, 5) is 22.5. The minimum Gasteiger partial charge on any atom is -0.477 e. The van der Waals surface area contributed by atoms with E-state index >= 15 is 0 Å². The summed E-state index contributed by atoms with van der Waals surface area (Å²) in [5.41, 5.74) is 3.15. The Balaban J connectivity index is 2.44. The lowest BCUT2D eigenvalue weighted by atomic mass is 10.0. The van der Waals surface area contributed by atoms with Gasteiger partial charge in [-0.2, -0.15) is 0 Å². The zero-order valence-corrected chi connectivity index (χ0v) is 13.2. The topological polar surface area (TPSA) is 63.6 Å². The van der Waals surface area contributed by atoms with Crippen molar-refractivity contribution in [2.75, 3.05) is 33.8 Å². The summed E-state index contributed by atoms with van der Waals surface area (Å²) >= 11 is 0. The van der Waals surface area contributed by atoms with E-state index in [9.17, 15) is 9.59 Å². The van der Waals surface area contributed by atoms with Crippen molar-refractivity contribution in [2.45, 2.75) is 20.3 Å². The predicted octanol–water partition coefficient (Wildman–Crippen LogP) is 1.55. The molecule has 0 aromatic heterocycles. The smallest absolute Gasteiger partial charge is 0.359 e. The summed E-state index contributed by atoms with van der Waals surface area (Å²) < 4.78 is 5.49. The van der Waals surface area contributed by atoms with Crippen LogP contribution in [0.4, 0.5) is 0 Å². The molecule has 5 heteroatoms. The van der Waals surface area contributed by atoms with E-state index in [4.69, 9.17) is 9.84 Å². The Hall–Kier alpha value is -1.88. The van der Waals surface area contributed by atoms with Crippen molar-refractivity contribution < 1.29 is 23.9 Å². The fourth-order valence-electron chi connectivity index (χ4n) is 2.05. The number of rotatable bonds is 7. The Morgan fingerprint density at radius 1 is 1.24 bits per heavy atom. The number of hydrogen-bond acceptors (Lipinski definition) is 3. The molecule has 0 aliphatic carbocycles. The van der Waals surface area contributed by atoms with Gasteiger partial charge in [0.2, 0.25) is 0 Å². The van der Waals surface area contributed by atoms with Crippen molar-refractivity contribution in [1.29, 1.82) is 0 Å². The van der Waals surface area contributed by atoms with Crippen molar-refractivity contribution in [3.63, 3.8) is 0 Å². The summed E-state index contributed by atoms with van der Waals surface area (Å²) in [5.74, 6) is -1.14. The largest absolute Gasteiger partial charge is 0.477 e. The molecule has 0 fully saturated rings. The molecule has 0 heterocycles. The standard InChI is InChI=1S/C16H23NO4/c1-12-5-6-13(2)14(9-12)10-16(20)21-8-7-17(3,4)11-15(18)19/h5-6,9H,7-8,10-11H2,1-4H3/p+1. The molecule has 1 aromatic rings. The number of nitrogens with zero attached hydrogens (tertiary/aromatic N) is 1. The zero-order chi connectivity index (χ0) is 16.0. The van der Waals surface area contributed by atoms with Crippen LogP contribution in [-0.2, 0) is 20.7 Å². The Kier molecular flexibility index (Phi) is 5.90. The van der Waals surface area contributed by atoms with Gasteiger partial charge in [0.15, 0.2) is 6.54 Å². The number of aryl methyl sites for hydroxylation is 2. The molecule has 5 nitrogen and oxygen atoms in total. The first kappa shape index (κ1) is 17.2. The first-order valence-corrected chi connectivity index (χ1v) is 6.95. The molecule has 0 amide bonds. The number of carbonyl (C=O) groups excluding carboxylic acids is 1. The first-order chi connectivity index (χ1) is 9.69.